The summed E-state index contributed by atoms with van der Waals surface area (Å²) in [6.45, 7) is 11.6. The third kappa shape index (κ3) is 5.07. The summed E-state index contributed by atoms with van der Waals surface area (Å²) in [6, 6.07) is 0.800. The van der Waals surface area contributed by atoms with Gasteiger partial charge in [-0.25, -0.2) is 0 Å². The molecule has 16 heavy (non-hydrogen) atoms. The van der Waals surface area contributed by atoms with E-state index in [-0.39, 0.29) is 0 Å². The van der Waals surface area contributed by atoms with Crippen LogP contribution in [0.5, 0.6) is 0 Å². The maximum absolute atomic E-state index is 4.46. The molecule has 1 fully saturated rings. The summed E-state index contributed by atoms with van der Waals surface area (Å²) in [6.07, 6.45) is 2.65. The van der Waals surface area contributed by atoms with E-state index in [1.807, 2.05) is 0 Å². The molecule has 1 aliphatic heterocycles. The number of nitrogens with zero attached hydrogens (tertiary/aromatic N) is 2. The van der Waals surface area contributed by atoms with E-state index in [0.29, 0.717) is 5.25 Å². The predicted molar refractivity (Wildman–Crippen MR) is 75.4 cm³/mol. The van der Waals surface area contributed by atoms with Crippen molar-refractivity contribution < 1.29 is 0 Å². The zero-order valence-electron chi connectivity index (χ0n) is 11.3. The lowest BCUT2D eigenvalue weighted by Crippen LogP contribution is -2.45. The highest BCUT2D eigenvalue weighted by molar-refractivity contribution is 7.80. The molecular formula is C13H28N2S. The Hall–Kier alpha value is 0.270. The Morgan fingerprint density at radius 3 is 2.25 bits per heavy atom. The highest BCUT2D eigenvalue weighted by atomic mass is 32.1. The van der Waals surface area contributed by atoms with Gasteiger partial charge in [0.15, 0.2) is 0 Å². The Balaban J connectivity index is 2.25. The second kappa shape index (κ2) is 6.87. The van der Waals surface area contributed by atoms with Gasteiger partial charge in [-0.15, -0.1) is 0 Å². The van der Waals surface area contributed by atoms with Gasteiger partial charge in [-0.2, -0.15) is 12.6 Å². The fourth-order valence-electron chi connectivity index (χ4n) is 2.64. The van der Waals surface area contributed by atoms with Crippen LogP contribution in [0.15, 0.2) is 0 Å². The Morgan fingerprint density at radius 1 is 1.25 bits per heavy atom. The average Bonchev–Trinajstić information content (AvgIpc) is 2.16. The van der Waals surface area contributed by atoms with Crippen molar-refractivity contribution in [2.24, 2.45) is 5.92 Å². The molecule has 0 aromatic rings. The number of hydrogen-bond donors (Lipinski definition) is 1. The summed E-state index contributed by atoms with van der Waals surface area (Å²) in [7, 11) is 2.28. The van der Waals surface area contributed by atoms with Crippen molar-refractivity contribution in [1.82, 2.24) is 9.80 Å². The van der Waals surface area contributed by atoms with E-state index < -0.39 is 0 Å². The van der Waals surface area contributed by atoms with Crippen molar-refractivity contribution in [1.29, 1.82) is 0 Å². The molecule has 0 bridgehead atoms. The normalized spacial score (nSPS) is 21.9. The van der Waals surface area contributed by atoms with Gasteiger partial charge in [0.2, 0.25) is 0 Å². The zero-order chi connectivity index (χ0) is 12.1. The second-order valence-corrected chi connectivity index (χ2v) is 6.60. The van der Waals surface area contributed by atoms with Gasteiger partial charge in [0.1, 0.15) is 0 Å². The summed E-state index contributed by atoms with van der Waals surface area (Å²) >= 11 is 4.46. The van der Waals surface area contributed by atoms with Gasteiger partial charge < -0.3 is 9.80 Å². The summed E-state index contributed by atoms with van der Waals surface area (Å²) in [4.78, 5) is 5.10. The van der Waals surface area contributed by atoms with Gasteiger partial charge >= 0.3 is 0 Å². The van der Waals surface area contributed by atoms with Crippen LogP contribution in [0.4, 0.5) is 0 Å². The number of likely N-dealkylation sites (tertiary alicyclic amines) is 1. The molecule has 0 radical (unpaired) electrons. The van der Waals surface area contributed by atoms with Gasteiger partial charge in [0, 0.05) is 24.4 Å². The summed E-state index contributed by atoms with van der Waals surface area (Å²) in [5, 5.41) is 0.505. The molecule has 0 N–H and O–H groups in total. The molecule has 1 heterocycles. The average molecular weight is 244 g/mol. The maximum Gasteiger partial charge on any atom is 0.0117 e. The van der Waals surface area contributed by atoms with Gasteiger partial charge in [-0.05, 0) is 38.9 Å². The lowest BCUT2D eigenvalue weighted by Gasteiger charge is -2.37. The first-order chi connectivity index (χ1) is 7.49. The molecule has 3 heteroatoms. The molecule has 0 amide bonds. The topological polar surface area (TPSA) is 6.48 Å². The summed E-state index contributed by atoms with van der Waals surface area (Å²) in [5.74, 6) is 0.778. The second-order valence-electron chi connectivity index (χ2n) is 5.71. The molecule has 2 nitrogen and oxygen atoms in total. The molecule has 0 aromatic carbocycles. The smallest absolute Gasteiger partial charge is 0.0117 e. The van der Waals surface area contributed by atoms with Crippen molar-refractivity contribution in [3.05, 3.63) is 0 Å². The van der Waals surface area contributed by atoms with Gasteiger partial charge in [-0.1, -0.05) is 20.8 Å². The predicted octanol–water partition coefficient (Wildman–Crippen LogP) is 2.36. The fourth-order valence-corrected chi connectivity index (χ4v) is 2.87. The van der Waals surface area contributed by atoms with Crippen molar-refractivity contribution >= 4 is 12.6 Å². The summed E-state index contributed by atoms with van der Waals surface area (Å²) in [5.41, 5.74) is 0. The van der Waals surface area contributed by atoms with Crippen LogP contribution in [0.25, 0.3) is 0 Å². The molecule has 0 spiro atoms. The molecule has 0 aromatic heterocycles. The van der Waals surface area contributed by atoms with Crippen LogP contribution >= 0.6 is 12.6 Å². The van der Waals surface area contributed by atoms with E-state index in [2.05, 4.69) is 50.2 Å². The van der Waals surface area contributed by atoms with E-state index in [1.165, 1.54) is 32.5 Å². The third-order valence-electron chi connectivity index (χ3n) is 3.36. The molecule has 0 aliphatic carbocycles. The number of piperidine rings is 1. The molecule has 1 unspecified atom stereocenters. The van der Waals surface area contributed by atoms with E-state index in [4.69, 9.17) is 0 Å². The van der Waals surface area contributed by atoms with Gasteiger partial charge in [-0.3, -0.25) is 0 Å². The highest BCUT2D eigenvalue weighted by Gasteiger charge is 2.22. The first-order valence-corrected chi connectivity index (χ1v) is 7.11. The van der Waals surface area contributed by atoms with Crippen LogP contribution in [0.2, 0.25) is 0 Å². The SMILES string of the molecule is CC(C)CN(C)C1CCN(CC(C)S)CC1. The Bertz CT molecular complexity index is 186. The molecular weight excluding hydrogens is 216 g/mol. The first kappa shape index (κ1) is 14.3. The monoisotopic (exact) mass is 244 g/mol. The number of rotatable bonds is 5. The van der Waals surface area contributed by atoms with E-state index in [0.717, 1.165) is 18.5 Å². The van der Waals surface area contributed by atoms with Crippen LogP contribution in [0, 0.1) is 5.92 Å². The molecule has 1 rings (SSSR count). The lowest BCUT2D eigenvalue weighted by molar-refractivity contribution is 0.120. The molecule has 0 saturated carbocycles. The van der Waals surface area contributed by atoms with Crippen LogP contribution in [0.1, 0.15) is 33.6 Å². The van der Waals surface area contributed by atoms with Crippen LogP contribution in [-0.4, -0.2) is 54.3 Å². The van der Waals surface area contributed by atoms with Crippen molar-refractivity contribution in [2.75, 3.05) is 33.2 Å². The standard InChI is InChI=1S/C13H28N2S/c1-11(2)9-14(4)13-5-7-15(8-6-13)10-12(3)16/h11-13,16H,5-10H2,1-4H3. The number of hydrogen-bond acceptors (Lipinski definition) is 3. The summed E-state index contributed by atoms with van der Waals surface area (Å²) < 4.78 is 0. The molecule has 96 valence electrons. The maximum atomic E-state index is 4.46. The molecule has 1 aliphatic rings. The van der Waals surface area contributed by atoms with Crippen LogP contribution in [0.3, 0.4) is 0 Å². The van der Waals surface area contributed by atoms with Crippen molar-refractivity contribution in [2.45, 2.75) is 44.9 Å². The van der Waals surface area contributed by atoms with Crippen molar-refractivity contribution in [3.63, 3.8) is 0 Å². The van der Waals surface area contributed by atoms with E-state index in [9.17, 15) is 0 Å². The van der Waals surface area contributed by atoms with Gasteiger partial charge in [0.25, 0.3) is 0 Å². The highest BCUT2D eigenvalue weighted by Crippen LogP contribution is 2.17. The van der Waals surface area contributed by atoms with Gasteiger partial charge in [0.05, 0.1) is 0 Å². The van der Waals surface area contributed by atoms with Crippen LogP contribution < -0.4 is 0 Å². The number of thiol groups is 1. The van der Waals surface area contributed by atoms with E-state index >= 15 is 0 Å². The Kier molecular flexibility index (Phi) is 6.16. The Morgan fingerprint density at radius 2 is 1.81 bits per heavy atom. The van der Waals surface area contributed by atoms with Crippen molar-refractivity contribution in [3.8, 4) is 0 Å². The largest absolute Gasteiger partial charge is 0.303 e. The third-order valence-corrected chi connectivity index (χ3v) is 3.52. The Labute approximate surface area is 107 Å². The lowest BCUT2D eigenvalue weighted by atomic mass is 10.0. The minimum Gasteiger partial charge on any atom is -0.303 e. The van der Waals surface area contributed by atoms with Crippen LogP contribution in [-0.2, 0) is 0 Å². The fraction of sp³-hybridized carbons (Fsp3) is 1.00. The minimum absolute atomic E-state index is 0.505. The molecule has 1 atom stereocenters. The molecule has 1 saturated heterocycles. The first-order valence-electron chi connectivity index (χ1n) is 6.59. The minimum atomic E-state index is 0.505. The van der Waals surface area contributed by atoms with E-state index in [1.54, 1.807) is 0 Å². The quantitative estimate of drug-likeness (QED) is 0.742. The zero-order valence-corrected chi connectivity index (χ0v) is 12.2.